The van der Waals surface area contributed by atoms with Gasteiger partial charge in [0.2, 0.25) is 5.95 Å². The molecule has 0 unspecified atom stereocenters. The van der Waals surface area contributed by atoms with Gasteiger partial charge in [-0.15, -0.1) is 22.7 Å². The Labute approximate surface area is 148 Å². The van der Waals surface area contributed by atoms with Gasteiger partial charge >= 0.3 is 0 Å². The molecular weight excluding hydrogens is 340 g/mol. The van der Waals surface area contributed by atoms with E-state index in [1.807, 2.05) is 17.0 Å². The highest BCUT2D eigenvalue weighted by Gasteiger charge is 2.24. The molecule has 4 heterocycles. The number of aryl methyl sites for hydroxylation is 1. The Hall–Kier alpha value is -1.99. The smallest absolute Gasteiger partial charge is 0.264 e. The molecule has 1 fully saturated rings. The molecule has 0 radical (unpaired) electrons. The number of fused-ring (bicyclic) bond motifs is 1. The number of hydrogen-bond acceptors (Lipinski definition) is 6. The number of carbonyl (C=O) groups is 1. The fourth-order valence-electron chi connectivity index (χ4n) is 2.89. The van der Waals surface area contributed by atoms with Crippen LogP contribution in [0, 0.1) is 0 Å². The second-order valence-corrected chi connectivity index (χ2v) is 8.20. The lowest BCUT2D eigenvalue weighted by atomic mass is 10.2. The molecule has 0 atom stereocenters. The van der Waals surface area contributed by atoms with Crippen LogP contribution in [0.25, 0.3) is 9.40 Å². The summed E-state index contributed by atoms with van der Waals surface area (Å²) in [6.07, 6.45) is 4.56. The zero-order valence-electron chi connectivity index (χ0n) is 13.4. The second kappa shape index (κ2) is 6.49. The van der Waals surface area contributed by atoms with Gasteiger partial charge in [-0.25, -0.2) is 9.97 Å². The van der Waals surface area contributed by atoms with Crippen molar-refractivity contribution in [3.8, 4) is 0 Å². The van der Waals surface area contributed by atoms with Crippen LogP contribution in [0.15, 0.2) is 30.6 Å². The molecule has 3 aromatic rings. The number of thiophene rings is 2. The van der Waals surface area contributed by atoms with E-state index in [0.29, 0.717) is 13.1 Å². The monoisotopic (exact) mass is 358 g/mol. The lowest BCUT2D eigenvalue weighted by Gasteiger charge is -2.34. The molecular formula is C17H18N4OS2. The van der Waals surface area contributed by atoms with E-state index < -0.39 is 0 Å². The average molecular weight is 358 g/mol. The highest BCUT2D eigenvalue weighted by atomic mass is 32.2. The average Bonchev–Trinajstić information content (AvgIpc) is 3.20. The number of rotatable bonds is 3. The van der Waals surface area contributed by atoms with E-state index in [-0.39, 0.29) is 5.91 Å². The largest absolute Gasteiger partial charge is 0.337 e. The van der Waals surface area contributed by atoms with E-state index in [4.69, 9.17) is 0 Å². The molecule has 3 aromatic heterocycles. The van der Waals surface area contributed by atoms with Crippen LogP contribution < -0.4 is 4.90 Å². The third kappa shape index (κ3) is 2.89. The van der Waals surface area contributed by atoms with E-state index in [9.17, 15) is 4.79 Å². The van der Waals surface area contributed by atoms with Gasteiger partial charge in [0, 0.05) is 48.8 Å². The minimum atomic E-state index is 0.148. The van der Waals surface area contributed by atoms with Crippen LogP contribution in [0.1, 0.15) is 21.5 Å². The number of piperazine rings is 1. The second-order valence-electron chi connectivity index (χ2n) is 5.75. The minimum absolute atomic E-state index is 0.148. The van der Waals surface area contributed by atoms with Crippen LogP contribution in [0.5, 0.6) is 0 Å². The Balaban J connectivity index is 1.44. The molecule has 0 spiro atoms. The maximum Gasteiger partial charge on any atom is 0.264 e. The number of amides is 1. The van der Waals surface area contributed by atoms with E-state index in [2.05, 4.69) is 27.9 Å². The normalized spacial score (nSPS) is 15.2. The molecule has 7 heteroatoms. The number of hydrogen-bond donors (Lipinski definition) is 0. The Morgan fingerprint density at radius 1 is 1.12 bits per heavy atom. The highest BCUT2D eigenvalue weighted by Crippen LogP contribution is 2.34. The zero-order valence-corrected chi connectivity index (χ0v) is 15.1. The molecule has 24 heavy (non-hydrogen) atoms. The van der Waals surface area contributed by atoms with Gasteiger partial charge in [-0.05, 0) is 24.6 Å². The molecule has 5 nitrogen and oxygen atoms in total. The van der Waals surface area contributed by atoms with Crippen molar-refractivity contribution in [1.82, 2.24) is 14.9 Å². The quantitative estimate of drug-likeness (QED) is 0.721. The highest BCUT2D eigenvalue weighted by molar-refractivity contribution is 7.39. The summed E-state index contributed by atoms with van der Waals surface area (Å²) in [4.78, 5) is 27.6. The minimum Gasteiger partial charge on any atom is -0.337 e. The van der Waals surface area contributed by atoms with E-state index >= 15 is 0 Å². The Kier molecular flexibility index (Phi) is 4.20. The van der Waals surface area contributed by atoms with Gasteiger partial charge in [0.1, 0.15) is 0 Å². The number of nitrogens with zero attached hydrogens (tertiary/aromatic N) is 4. The van der Waals surface area contributed by atoms with Crippen LogP contribution in [0.2, 0.25) is 0 Å². The van der Waals surface area contributed by atoms with Crippen molar-refractivity contribution in [2.75, 3.05) is 31.1 Å². The standard InChI is InChI=1S/C17H18N4OS2/c1-2-13-10-12-11-14(24-16(12)23-13)15(22)20-6-8-21(9-7-20)17-18-4-3-5-19-17/h3-5,10-11H,2,6-9H2,1H3. The van der Waals surface area contributed by atoms with Gasteiger partial charge < -0.3 is 9.80 Å². The van der Waals surface area contributed by atoms with Crippen LogP contribution in [-0.4, -0.2) is 47.0 Å². The maximum absolute atomic E-state index is 12.8. The Bertz CT molecular complexity index is 818. The Morgan fingerprint density at radius 3 is 2.54 bits per heavy atom. The molecule has 4 rings (SSSR count). The predicted molar refractivity (Wildman–Crippen MR) is 99.2 cm³/mol. The lowest BCUT2D eigenvalue weighted by Crippen LogP contribution is -2.49. The van der Waals surface area contributed by atoms with Crippen LogP contribution >= 0.6 is 22.7 Å². The molecule has 124 valence electrons. The summed E-state index contributed by atoms with van der Waals surface area (Å²) in [6, 6.07) is 6.07. The van der Waals surface area contributed by atoms with Gasteiger partial charge in [-0.3, -0.25) is 4.79 Å². The summed E-state index contributed by atoms with van der Waals surface area (Å²) >= 11 is 3.42. The topological polar surface area (TPSA) is 49.3 Å². The fraction of sp³-hybridized carbons (Fsp3) is 0.353. The first-order valence-electron chi connectivity index (χ1n) is 8.08. The third-order valence-corrected chi connectivity index (χ3v) is 6.75. The lowest BCUT2D eigenvalue weighted by molar-refractivity contribution is 0.0751. The van der Waals surface area contributed by atoms with Crippen LogP contribution in [-0.2, 0) is 6.42 Å². The fourth-order valence-corrected chi connectivity index (χ4v) is 5.29. The molecule has 1 saturated heterocycles. The zero-order chi connectivity index (χ0) is 16.5. The summed E-state index contributed by atoms with van der Waals surface area (Å²) in [5.74, 6) is 0.892. The van der Waals surface area contributed by atoms with Gasteiger partial charge in [0.15, 0.2) is 0 Å². The molecule has 0 bridgehead atoms. The van der Waals surface area contributed by atoms with Crippen LogP contribution in [0.3, 0.4) is 0 Å². The molecule has 1 aliphatic heterocycles. The van der Waals surface area contributed by atoms with Gasteiger partial charge in [0.05, 0.1) is 8.89 Å². The van der Waals surface area contributed by atoms with Crippen molar-refractivity contribution in [3.05, 3.63) is 40.3 Å². The van der Waals surface area contributed by atoms with E-state index in [0.717, 1.165) is 30.3 Å². The summed E-state index contributed by atoms with van der Waals surface area (Å²) < 4.78 is 1.26. The molecule has 0 aliphatic carbocycles. The first kappa shape index (κ1) is 15.5. The van der Waals surface area contributed by atoms with E-state index in [1.54, 1.807) is 35.1 Å². The molecule has 0 aromatic carbocycles. The Morgan fingerprint density at radius 2 is 1.88 bits per heavy atom. The summed E-state index contributed by atoms with van der Waals surface area (Å²) in [6.45, 7) is 5.13. The molecule has 0 saturated carbocycles. The summed E-state index contributed by atoms with van der Waals surface area (Å²) in [7, 11) is 0. The summed E-state index contributed by atoms with van der Waals surface area (Å²) in [5.41, 5.74) is 0. The SMILES string of the molecule is CCc1cc2cc(C(=O)N3CCN(c4ncccn4)CC3)sc2s1. The van der Waals surface area contributed by atoms with Crippen LogP contribution in [0.4, 0.5) is 5.95 Å². The van der Waals surface area contributed by atoms with Crippen molar-refractivity contribution in [1.29, 1.82) is 0 Å². The van der Waals surface area contributed by atoms with Crippen molar-refractivity contribution in [2.24, 2.45) is 0 Å². The van der Waals surface area contributed by atoms with Gasteiger partial charge in [0.25, 0.3) is 5.91 Å². The van der Waals surface area contributed by atoms with Gasteiger partial charge in [-0.1, -0.05) is 6.92 Å². The first-order valence-corrected chi connectivity index (χ1v) is 9.71. The van der Waals surface area contributed by atoms with Crippen molar-refractivity contribution in [2.45, 2.75) is 13.3 Å². The first-order chi connectivity index (χ1) is 11.7. The van der Waals surface area contributed by atoms with Crippen molar-refractivity contribution < 1.29 is 4.79 Å². The van der Waals surface area contributed by atoms with E-state index in [1.165, 1.54) is 14.3 Å². The molecule has 1 aliphatic rings. The number of anilines is 1. The number of aromatic nitrogens is 2. The van der Waals surface area contributed by atoms with Crippen molar-refractivity contribution >= 4 is 43.9 Å². The third-order valence-electron chi connectivity index (χ3n) is 4.23. The molecule has 1 amide bonds. The summed E-state index contributed by atoms with van der Waals surface area (Å²) in [5, 5.41) is 1.21. The van der Waals surface area contributed by atoms with Gasteiger partial charge in [-0.2, -0.15) is 0 Å². The van der Waals surface area contributed by atoms with Crippen molar-refractivity contribution in [3.63, 3.8) is 0 Å². The predicted octanol–water partition coefficient (Wildman–Crippen LogP) is 3.28. The number of carbonyl (C=O) groups excluding carboxylic acids is 1. The maximum atomic E-state index is 12.8. The molecule has 0 N–H and O–H groups in total.